The molecular weight excluding hydrogens is 460 g/mol. The summed E-state index contributed by atoms with van der Waals surface area (Å²) in [6.45, 7) is 6.34. The van der Waals surface area contributed by atoms with Gasteiger partial charge in [0.15, 0.2) is 0 Å². The van der Waals surface area contributed by atoms with Crippen LogP contribution in [0.25, 0.3) is 0 Å². The largest absolute Gasteiger partial charge is 0.508 e. The third-order valence-electron chi connectivity index (χ3n) is 6.23. The lowest BCUT2D eigenvalue weighted by Crippen LogP contribution is -2.56. The Hall–Kier alpha value is -3.10. The summed E-state index contributed by atoms with van der Waals surface area (Å²) in [7, 11) is 0. The second-order valence-electron chi connectivity index (χ2n) is 9.39. The monoisotopic (exact) mass is 504 g/mol. The zero-order chi connectivity index (χ0) is 26.9. The number of rotatable bonds is 18. The fraction of sp³-hybridized carbons (Fsp3) is 0.630. The van der Waals surface area contributed by atoms with Crippen LogP contribution in [-0.4, -0.2) is 47.4 Å². The molecule has 0 bridgehead atoms. The van der Waals surface area contributed by atoms with Crippen molar-refractivity contribution in [1.82, 2.24) is 16.0 Å². The fourth-order valence-electron chi connectivity index (χ4n) is 3.76. The van der Waals surface area contributed by atoms with E-state index in [0.717, 1.165) is 31.2 Å². The molecule has 1 rings (SSSR count). The number of carbonyl (C=O) groups is 4. The van der Waals surface area contributed by atoms with Crippen molar-refractivity contribution < 1.29 is 24.3 Å². The predicted molar refractivity (Wildman–Crippen MR) is 140 cm³/mol. The van der Waals surface area contributed by atoms with Crippen molar-refractivity contribution in [3.8, 4) is 5.75 Å². The number of hydrogen-bond donors (Lipinski definition) is 5. The van der Waals surface area contributed by atoms with E-state index in [-0.39, 0.29) is 35.8 Å². The minimum absolute atomic E-state index is 0.113. The van der Waals surface area contributed by atoms with E-state index in [9.17, 15) is 24.3 Å². The number of amides is 4. The fourth-order valence-corrected chi connectivity index (χ4v) is 3.76. The van der Waals surface area contributed by atoms with Gasteiger partial charge in [-0.2, -0.15) is 0 Å². The Balaban J connectivity index is 2.84. The van der Waals surface area contributed by atoms with Crippen LogP contribution < -0.4 is 21.7 Å². The second kappa shape index (κ2) is 17.3. The number of phenols is 1. The first-order valence-corrected chi connectivity index (χ1v) is 13.1. The number of carbonyl (C=O) groups excluding carboxylic acids is 4. The minimum atomic E-state index is -0.850. The van der Waals surface area contributed by atoms with E-state index in [2.05, 4.69) is 22.9 Å². The molecule has 0 spiro atoms. The quantitative estimate of drug-likeness (QED) is 0.195. The first kappa shape index (κ1) is 30.9. The third-order valence-corrected chi connectivity index (χ3v) is 6.23. The number of hydrogen-bond acceptors (Lipinski definition) is 5. The molecule has 3 atom stereocenters. The van der Waals surface area contributed by atoms with Gasteiger partial charge in [0.25, 0.3) is 0 Å². The maximum Gasteiger partial charge on any atom is 0.243 e. The summed E-state index contributed by atoms with van der Waals surface area (Å²) in [4.78, 5) is 49.6. The van der Waals surface area contributed by atoms with Gasteiger partial charge < -0.3 is 26.8 Å². The van der Waals surface area contributed by atoms with E-state index in [1.165, 1.54) is 12.1 Å². The summed E-state index contributed by atoms with van der Waals surface area (Å²) in [5.41, 5.74) is 5.92. The van der Waals surface area contributed by atoms with Crippen LogP contribution in [0.2, 0.25) is 0 Å². The zero-order valence-electron chi connectivity index (χ0n) is 22.0. The molecule has 0 fully saturated rings. The summed E-state index contributed by atoms with van der Waals surface area (Å²) in [5, 5.41) is 18.1. The zero-order valence-corrected chi connectivity index (χ0v) is 22.0. The van der Waals surface area contributed by atoms with Gasteiger partial charge in [-0.1, -0.05) is 58.6 Å². The third kappa shape index (κ3) is 12.6. The lowest BCUT2D eigenvalue weighted by Gasteiger charge is -2.26. The van der Waals surface area contributed by atoms with Crippen molar-refractivity contribution in [3.63, 3.8) is 0 Å². The number of unbranched alkanes of at least 4 members (excludes halogenated alkanes) is 4. The normalized spacial score (nSPS) is 13.3. The SMILES string of the molecule is CCCCCC(=O)NC(Cc1ccc(O)cc1)C(=O)NC(C(=O)NCCCCCC(N)=O)C(C)CC. The molecule has 0 saturated heterocycles. The molecule has 0 heterocycles. The van der Waals surface area contributed by atoms with Crippen LogP contribution in [0.4, 0.5) is 0 Å². The van der Waals surface area contributed by atoms with Gasteiger partial charge in [0.05, 0.1) is 0 Å². The molecule has 0 radical (unpaired) electrons. The van der Waals surface area contributed by atoms with Crippen LogP contribution in [0.3, 0.4) is 0 Å². The highest BCUT2D eigenvalue weighted by Crippen LogP contribution is 2.13. The van der Waals surface area contributed by atoms with Crippen LogP contribution >= 0.6 is 0 Å². The highest BCUT2D eigenvalue weighted by Gasteiger charge is 2.29. The molecule has 4 amide bonds. The second-order valence-corrected chi connectivity index (χ2v) is 9.39. The molecule has 0 aliphatic heterocycles. The van der Waals surface area contributed by atoms with Gasteiger partial charge in [0, 0.05) is 25.8 Å². The van der Waals surface area contributed by atoms with Gasteiger partial charge in [-0.25, -0.2) is 0 Å². The molecule has 0 aliphatic carbocycles. The Morgan fingerprint density at radius 2 is 1.56 bits per heavy atom. The van der Waals surface area contributed by atoms with Gasteiger partial charge in [0.2, 0.25) is 23.6 Å². The standard InChI is InChI=1S/C27H44N4O5/c1-4-6-8-12-24(34)30-22(18-20-13-15-21(32)16-14-20)26(35)31-25(19(3)5-2)27(36)29-17-10-7-9-11-23(28)33/h13-16,19,22,25,32H,4-12,17-18H2,1-3H3,(H2,28,33)(H,29,36)(H,30,34)(H,31,35). The van der Waals surface area contributed by atoms with Gasteiger partial charge in [-0.05, 0) is 42.9 Å². The molecule has 0 saturated carbocycles. The van der Waals surface area contributed by atoms with Crippen LogP contribution in [0.1, 0.15) is 84.1 Å². The topological polar surface area (TPSA) is 151 Å². The molecule has 36 heavy (non-hydrogen) atoms. The van der Waals surface area contributed by atoms with E-state index in [4.69, 9.17) is 5.73 Å². The summed E-state index contributed by atoms with van der Waals surface area (Å²) >= 11 is 0. The number of primary amides is 1. The minimum Gasteiger partial charge on any atom is -0.508 e. The van der Waals surface area contributed by atoms with Crippen molar-refractivity contribution in [1.29, 1.82) is 0 Å². The Morgan fingerprint density at radius 3 is 2.17 bits per heavy atom. The molecule has 9 heteroatoms. The van der Waals surface area contributed by atoms with Gasteiger partial charge >= 0.3 is 0 Å². The Kier molecular flexibility index (Phi) is 14.9. The molecule has 1 aromatic carbocycles. The number of nitrogens with two attached hydrogens (primary N) is 1. The van der Waals surface area contributed by atoms with Crippen molar-refractivity contribution in [2.75, 3.05) is 6.54 Å². The van der Waals surface area contributed by atoms with Crippen LogP contribution in [-0.2, 0) is 25.6 Å². The Labute approximate surface area is 215 Å². The molecule has 9 nitrogen and oxygen atoms in total. The summed E-state index contributed by atoms with van der Waals surface area (Å²) < 4.78 is 0. The lowest BCUT2D eigenvalue weighted by atomic mass is 9.97. The van der Waals surface area contributed by atoms with Crippen molar-refractivity contribution >= 4 is 23.6 Å². The highest BCUT2D eigenvalue weighted by molar-refractivity contribution is 5.92. The molecule has 6 N–H and O–H groups in total. The van der Waals surface area contributed by atoms with E-state index >= 15 is 0 Å². The van der Waals surface area contributed by atoms with Crippen molar-refractivity contribution in [3.05, 3.63) is 29.8 Å². The van der Waals surface area contributed by atoms with Crippen molar-refractivity contribution in [2.45, 2.75) is 97.1 Å². The van der Waals surface area contributed by atoms with Gasteiger partial charge in [-0.3, -0.25) is 19.2 Å². The first-order valence-electron chi connectivity index (χ1n) is 13.1. The molecule has 3 unspecified atom stereocenters. The average Bonchev–Trinajstić information content (AvgIpc) is 2.84. The molecule has 0 aromatic heterocycles. The van der Waals surface area contributed by atoms with Crippen LogP contribution in [0.15, 0.2) is 24.3 Å². The van der Waals surface area contributed by atoms with E-state index in [1.54, 1.807) is 12.1 Å². The highest BCUT2D eigenvalue weighted by atomic mass is 16.3. The first-order chi connectivity index (χ1) is 17.2. The smallest absolute Gasteiger partial charge is 0.243 e. The number of nitrogens with one attached hydrogen (secondary N) is 3. The lowest BCUT2D eigenvalue weighted by molar-refractivity contribution is -0.133. The molecular formula is C27H44N4O5. The maximum absolute atomic E-state index is 13.3. The molecule has 1 aromatic rings. The van der Waals surface area contributed by atoms with E-state index in [1.807, 2.05) is 13.8 Å². The van der Waals surface area contributed by atoms with Crippen molar-refractivity contribution in [2.24, 2.45) is 11.7 Å². The number of benzene rings is 1. The van der Waals surface area contributed by atoms with Gasteiger partial charge in [0.1, 0.15) is 17.8 Å². The van der Waals surface area contributed by atoms with E-state index in [0.29, 0.717) is 38.6 Å². The molecule has 202 valence electrons. The molecule has 0 aliphatic rings. The predicted octanol–water partition coefficient (Wildman–Crippen LogP) is 2.69. The summed E-state index contributed by atoms with van der Waals surface area (Å²) in [6.07, 6.45) is 6.39. The van der Waals surface area contributed by atoms with Crippen LogP contribution in [0, 0.1) is 5.92 Å². The Bertz CT molecular complexity index is 828. The number of aromatic hydroxyl groups is 1. The summed E-state index contributed by atoms with van der Waals surface area (Å²) in [5.74, 6) is -1.23. The average molecular weight is 505 g/mol. The Morgan fingerprint density at radius 1 is 0.889 bits per heavy atom. The van der Waals surface area contributed by atoms with Gasteiger partial charge in [-0.15, -0.1) is 0 Å². The number of phenolic OH excluding ortho intramolecular Hbond substituents is 1. The maximum atomic E-state index is 13.3. The summed E-state index contributed by atoms with van der Waals surface area (Å²) in [6, 6.07) is 4.88. The van der Waals surface area contributed by atoms with Crippen LogP contribution in [0.5, 0.6) is 5.75 Å². The van der Waals surface area contributed by atoms with E-state index < -0.39 is 18.0 Å².